The van der Waals surface area contributed by atoms with E-state index in [0.29, 0.717) is 22.4 Å². The van der Waals surface area contributed by atoms with Crippen LogP contribution < -0.4 is 4.74 Å². The summed E-state index contributed by atoms with van der Waals surface area (Å²) in [7, 11) is 1.66. The van der Waals surface area contributed by atoms with Crippen LogP contribution in [0.25, 0.3) is 10.9 Å². The van der Waals surface area contributed by atoms with Gasteiger partial charge in [0.05, 0.1) is 24.2 Å². The standard InChI is InChI=1S/C27H29ClN2O3/c1-3-17-16-30-12-10-18(17)14-25(30)26(33-27(31)19-5-4-6-20(28)13-19)22-9-11-29-24-8-7-21(32-2)15-23(22)24/h4-9,11,13,15,17-18,25-26H,3,10,12,14,16H2,1-2H3/t17-,18-,25-,26+/m0/s1. The maximum Gasteiger partial charge on any atom is 0.338 e. The number of methoxy groups -OCH3 is 1. The molecule has 2 bridgehead atoms. The van der Waals surface area contributed by atoms with E-state index in [2.05, 4.69) is 16.8 Å². The third-order valence-electron chi connectivity index (χ3n) is 7.39. The molecule has 3 aliphatic heterocycles. The van der Waals surface area contributed by atoms with Crippen LogP contribution in [0.2, 0.25) is 5.02 Å². The number of fused-ring (bicyclic) bond motifs is 4. The first-order valence-corrected chi connectivity index (χ1v) is 12.1. The Kier molecular flexibility index (Phi) is 6.26. The second kappa shape index (κ2) is 9.32. The van der Waals surface area contributed by atoms with Gasteiger partial charge in [0.2, 0.25) is 0 Å². The average molecular weight is 465 g/mol. The lowest BCUT2D eigenvalue weighted by Crippen LogP contribution is -2.55. The van der Waals surface area contributed by atoms with Crippen molar-refractivity contribution in [1.29, 1.82) is 0 Å². The highest BCUT2D eigenvalue weighted by Crippen LogP contribution is 2.44. The highest BCUT2D eigenvalue weighted by molar-refractivity contribution is 6.30. The molecule has 6 rings (SSSR count). The summed E-state index contributed by atoms with van der Waals surface area (Å²) in [5.74, 6) is 1.78. The van der Waals surface area contributed by atoms with E-state index in [1.54, 1.807) is 37.6 Å². The Morgan fingerprint density at radius 3 is 2.85 bits per heavy atom. The van der Waals surface area contributed by atoms with E-state index in [1.807, 2.05) is 24.3 Å². The Morgan fingerprint density at radius 1 is 1.24 bits per heavy atom. The topological polar surface area (TPSA) is 51.7 Å². The molecule has 4 heterocycles. The molecule has 3 aliphatic rings. The third kappa shape index (κ3) is 4.32. The summed E-state index contributed by atoms with van der Waals surface area (Å²) < 4.78 is 11.8. The Hall–Kier alpha value is -2.63. The number of hydrogen-bond acceptors (Lipinski definition) is 5. The fraction of sp³-hybridized carbons (Fsp3) is 0.407. The van der Waals surface area contributed by atoms with Crippen molar-refractivity contribution in [3.8, 4) is 5.75 Å². The smallest absolute Gasteiger partial charge is 0.338 e. The molecule has 0 radical (unpaired) electrons. The molecule has 33 heavy (non-hydrogen) atoms. The monoisotopic (exact) mass is 464 g/mol. The maximum atomic E-state index is 13.3. The van der Waals surface area contributed by atoms with Crippen molar-refractivity contribution in [3.05, 3.63) is 70.9 Å². The fourth-order valence-electron chi connectivity index (χ4n) is 5.63. The van der Waals surface area contributed by atoms with Gasteiger partial charge in [0.25, 0.3) is 0 Å². The highest BCUT2D eigenvalue weighted by Gasteiger charge is 2.44. The largest absolute Gasteiger partial charge is 0.497 e. The Morgan fingerprint density at radius 2 is 2.12 bits per heavy atom. The number of piperidine rings is 3. The number of rotatable bonds is 6. The molecular formula is C27H29ClN2O3. The lowest BCUT2D eigenvalue weighted by Gasteiger charge is -2.51. The molecule has 5 atom stereocenters. The molecule has 0 N–H and O–H groups in total. The van der Waals surface area contributed by atoms with Crippen LogP contribution in [-0.4, -0.2) is 42.1 Å². The average Bonchev–Trinajstić information content (AvgIpc) is 2.86. The number of carbonyl (C=O) groups excluding carboxylic acids is 1. The van der Waals surface area contributed by atoms with E-state index >= 15 is 0 Å². The van der Waals surface area contributed by atoms with E-state index in [9.17, 15) is 4.79 Å². The summed E-state index contributed by atoms with van der Waals surface area (Å²) in [5, 5.41) is 1.47. The molecule has 2 aromatic carbocycles. The van der Waals surface area contributed by atoms with Crippen molar-refractivity contribution >= 4 is 28.5 Å². The molecule has 1 aromatic heterocycles. The van der Waals surface area contributed by atoms with Crippen LogP contribution in [-0.2, 0) is 4.74 Å². The molecule has 0 spiro atoms. The quantitative estimate of drug-likeness (QED) is 0.424. The molecule has 172 valence electrons. The molecule has 1 unspecified atom stereocenters. The number of benzene rings is 2. The van der Waals surface area contributed by atoms with Crippen LogP contribution in [0.1, 0.15) is 48.2 Å². The third-order valence-corrected chi connectivity index (χ3v) is 7.63. The van der Waals surface area contributed by atoms with E-state index in [0.717, 1.165) is 41.7 Å². The van der Waals surface area contributed by atoms with Crippen LogP contribution >= 0.6 is 11.6 Å². The minimum atomic E-state index is -0.408. The van der Waals surface area contributed by atoms with Gasteiger partial charge in [-0.3, -0.25) is 9.88 Å². The predicted octanol–water partition coefficient (Wildman–Crippen LogP) is 5.92. The van der Waals surface area contributed by atoms with Gasteiger partial charge in [0, 0.05) is 28.7 Å². The SMILES string of the molecule is CC[C@H]1CN2CC[C@H]1C[C@H]2[C@H](OC(=O)c1cccc(Cl)c1)c1ccnc2ccc(OC)cc12. The van der Waals surface area contributed by atoms with E-state index in [-0.39, 0.29) is 12.0 Å². The molecule has 0 saturated carbocycles. The molecule has 3 aromatic rings. The van der Waals surface area contributed by atoms with E-state index in [4.69, 9.17) is 21.1 Å². The lowest BCUT2D eigenvalue weighted by atomic mass is 9.72. The van der Waals surface area contributed by atoms with Crippen molar-refractivity contribution < 1.29 is 14.3 Å². The van der Waals surface area contributed by atoms with Gasteiger partial charge in [-0.25, -0.2) is 4.79 Å². The number of carbonyl (C=O) groups is 1. The van der Waals surface area contributed by atoms with Crippen molar-refractivity contribution in [2.45, 2.75) is 38.3 Å². The first kappa shape index (κ1) is 22.2. The van der Waals surface area contributed by atoms with Crippen molar-refractivity contribution in [1.82, 2.24) is 9.88 Å². The Balaban J connectivity index is 1.56. The minimum Gasteiger partial charge on any atom is -0.497 e. The van der Waals surface area contributed by atoms with E-state index < -0.39 is 6.10 Å². The number of hydrogen-bond donors (Lipinski definition) is 0. The van der Waals surface area contributed by atoms with Crippen LogP contribution in [0.3, 0.4) is 0 Å². The number of esters is 1. The second-order valence-electron chi connectivity index (χ2n) is 9.13. The van der Waals surface area contributed by atoms with Gasteiger partial charge >= 0.3 is 5.97 Å². The summed E-state index contributed by atoms with van der Waals surface area (Å²) in [6, 6.07) is 14.9. The fourth-order valence-corrected chi connectivity index (χ4v) is 5.82. The maximum absolute atomic E-state index is 13.3. The molecule has 6 heteroatoms. The first-order chi connectivity index (χ1) is 16.1. The molecule has 5 nitrogen and oxygen atoms in total. The molecule has 3 saturated heterocycles. The zero-order valence-corrected chi connectivity index (χ0v) is 19.8. The normalized spacial score (nSPS) is 25.1. The zero-order chi connectivity index (χ0) is 22.9. The van der Waals surface area contributed by atoms with Gasteiger partial charge in [0.1, 0.15) is 11.9 Å². The summed E-state index contributed by atoms with van der Waals surface area (Å²) in [5.41, 5.74) is 2.30. The highest BCUT2D eigenvalue weighted by atomic mass is 35.5. The van der Waals surface area contributed by atoms with Crippen LogP contribution in [0.4, 0.5) is 0 Å². The summed E-state index contributed by atoms with van der Waals surface area (Å²) in [6.07, 6.45) is 4.83. The number of pyridine rings is 1. The molecule has 0 aliphatic carbocycles. The molecule has 3 fully saturated rings. The Labute approximate surface area is 199 Å². The number of nitrogens with zero attached hydrogens (tertiary/aromatic N) is 2. The van der Waals surface area contributed by atoms with Crippen LogP contribution in [0.15, 0.2) is 54.7 Å². The molecular weight excluding hydrogens is 436 g/mol. The summed E-state index contributed by atoms with van der Waals surface area (Å²) >= 11 is 6.15. The van der Waals surface area contributed by atoms with Gasteiger partial charge < -0.3 is 9.47 Å². The lowest BCUT2D eigenvalue weighted by molar-refractivity contribution is -0.0659. The minimum absolute atomic E-state index is 0.131. The Bertz CT molecular complexity index is 1170. The van der Waals surface area contributed by atoms with Crippen molar-refractivity contribution in [2.75, 3.05) is 20.2 Å². The van der Waals surface area contributed by atoms with Gasteiger partial charge in [0.15, 0.2) is 0 Å². The van der Waals surface area contributed by atoms with Crippen LogP contribution in [0, 0.1) is 11.8 Å². The first-order valence-electron chi connectivity index (χ1n) is 11.7. The summed E-state index contributed by atoms with van der Waals surface area (Å²) in [6.45, 7) is 4.38. The molecule has 0 amide bonds. The second-order valence-corrected chi connectivity index (χ2v) is 9.57. The van der Waals surface area contributed by atoms with Gasteiger partial charge in [-0.2, -0.15) is 0 Å². The van der Waals surface area contributed by atoms with Gasteiger partial charge in [-0.15, -0.1) is 0 Å². The van der Waals surface area contributed by atoms with Crippen molar-refractivity contribution in [3.63, 3.8) is 0 Å². The van der Waals surface area contributed by atoms with E-state index in [1.165, 1.54) is 12.8 Å². The van der Waals surface area contributed by atoms with Crippen LogP contribution in [0.5, 0.6) is 5.75 Å². The summed E-state index contributed by atoms with van der Waals surface area (Å²) in [4.78, 5) is 20.3. The van der Waals surface area contributed by atoms with Gasteiger partial charge in [-0.05, 0) is 73.7 Å². The zero-order valence-electron chi connectivity index (χ0n) is 19.0. The number of aromatic nitrogens is 1. The predicted molar refractivity (Wildman–Crippen MR) is 130 cm³/mol. The number of ether oxygens (including phenoxy) is 2. The van der Waals surface area contributed by atoms with Crippen molar-refractivity contribution in [2.24, 2.45) is 11.8 Å². The number of halogens is 1. The van der Waals surface area contributed by atoms with Gasteiger partial charge in [-0.1, -0.05) is 31.0 Å².